The number of hydrogen-bond donors (Lipinski definition) is 2. The van der Waals surface area contributed by atoms with Gasteiger partial charge in [-0.2, -0.15) is 0 Å². The second kappa shape index (κ2) is 6.38. The largest absolute Gasteiger partial charge is 0.479 e. The molecule has 0 spiro atoms. The van der Waals surface area contributed by atoms with Gasteiger partial charge in [0.1, 0.15) is 5.76 Å². The average Bonchev–Trinajstić information content (AvgIpc) is 2.96. The molecule has 0 fully saturated rings. The number of carboxylic acid groups (broad SMARTS) is 1. The molecule has 22 heavy (non-hydrogen) atoms. The number of carbonyl (C=O) groups is 2. The molecule has 0 aliphatic rings. The summed E-state index contributed by atoms with van der Waals surface area (Å²) in [5.41, 5.74) is -0.0815. The second-order valence-corrected chi connectivity index (χ2v) is 4.54. The van der Waals surface area contributed by atoms with Gasteiger partial charge >= 0.3 is 5.97 Å². The van der Waals surface area contributed by atoms with Gasteiger partial charge in [0.15, 0.2) is 23.4 Å². The number of amides is 1. The van der Waals surface area contributed by atoms with Crippen molar-refractivity contribution in [3.63, 3.8) is 0 Å². The number of halogens is 2. The Morgan fingerprint density at radius 3 is 2.50 bits per heavy atom. The van der Waals surface area contributed by atoms with Crippen LogP contribution < -0.4 is 5.32 Å². The number of rotatable bonds is 5. The van der Waals surface area contributed by atoms with Crippen molar-refractivity contribution in [2.75, 3.05) is 0 Å². The number of nitrogens with one attached hydrogen (secondary N) is 1. The molecule has 2 rings (SSSR count). The predicted molar refractivity (Wildman–Crippen MR) is 72.3 cm³/mol. The number of aryl methyl sites for hydroxylation is 1. The Bertz CT molecular complexity index is 711. The molecule has 0 bridgehead atoms. The highest BCUT2D eigenvalue weighted by Crippen LogP contribution is 2.18. The van der Waals surface area contributed by atoms with E-state index in [0.717, 1.165) is 18.2 Å². The van der Waals surface area contributed by atoms with Crippen LogP contribution >= 0.6 is 0 Å². The molecular weight excluding hydrogens is 296 g/mol. The summed E-state index contributed by atoms with van der Waals surface area (Å²) in [6, 6.07) is 4.12. The lowest BCUT2D eigenvalue weighted by atomic mass is 10.1. The Labute approximate surface area is 124 Å². The molecule has 0 radical (unpaired) electrons. The number of aliphatic carboxylic acids is 1. The summed E-state index contributed by atoms with van der Waals surface area (Å²) in [6.45, 7) is 1.84. The van der Waals surface area contributed by atoms with Gasteiger partial charge in [-0.05, 0) is 29.8 Å². The molecule has 1 aromatic heterocycles. The van der Waals surface area contributed by atoms with Crippen molar-refractivity contribution in [2.24, 2.45) is 0 Å². The third-order valence-electron chi connectivity index (χ3n) is 3.03. The van der Waals surface area contributed by atoms with Crippen molar-refractivity contribution in [2.45, 2.75) is 19.4 Å². The fraction of sp³-hybridized carbons (Fsp3) is 0.200. The summed E-state index contributed by atoms with van der Waals surface area (Å²) in [5.74, 6) is -3.92. The van der Waals surface area contributed by atoms with Gasteiger partial charge in [-0.15, -0.1) is 0 Å². The number of benzene rings is 1. The van der Waals surface area contributed by atoms with E-state index in [-0.39, 0.29) is 11.3 Å². The molecule has 5 nitrogen and oxygen atoms in total. The van der Waals surface area contributed by atoms with E-state index in [1.807, 2.05) is 6.92 Å². The molecule has 0 unspecified atom stereocenters. The maximum absolute atomic E-state index is 13.2. The van der Waals surface area contributed by atoms with Crippen LogP contribution in [-0.4, -0.2) is 17.0 Å². The molecule has 0 saturated carbocycles. The van der Waals surface area contributed by atoms with Crippen LogP contribution in [0.25, 0.3) is 0 Å². The topological polar surface area (TPSA) is 79.5 Å². The Morgan fingerprint density at radius 1 is 1.23 bits per heavy atom. The summed E-state index contributed by atoms with van der Waals surface area (Å²) >= 11 is 0. The van der Waals surface area contributed by atoms with Crippen LogP contribution in [0.1, 0.15) is 34.8 Å². The van der Waals surface area contributed by atoms with Crippen molar-refractivity contribution >= 4 is 11.9 Å². The minimum absolute atomic E-state index is 0.0503. The molecule has 1 atom stereocenters. The monoisotopic (exact) mass is 309 g/mol. The maximum Gasteiger partial charge on any atom is 0.330 e. The third-order valence-corrected chi connectivity index (χ3v) is 3.03. The van der Waals surface area contributed by atoms with Crippen LogP contribution in [0.2, 0.25) is 0 Å². The van der Waals surface area contributed by atoms with E-state index < -0.39 is 29.6 Å². The molecule has 1 heterocycles. The van der Waals surface area contributed by atoms with E-state index in [1.54, 1.807) is 6.07 Å². The number of carbonyl (C=O) groups excluding carboxylic acids is 1. The first-order chi connectivity index (χ1) is 10.4. The van der Waals surface area contributed by atoms with Gasteiger partial charge in [0.05, 0.1) is 0 Å². The van der Waals surface area contributed by atoms with Gasteiger partial charge in [0.2, 0.25) is 0 Å². The second-order valence-electron chi connectivity index (χ2n) is 4.54. The van der Waals surface area contributed by atoms with Gasteiger partial charge in [0, 0.05) is 6.42 Å². The molecule has 116 valence electrons. The van der Waals surface area contributed by atoms with E-state index >= 15 is 0 Å². The van der Waals surface area contributed by atoms with Crippen molar-refractivity contribution in [1.29, 1.82) is 0 Å². The van der Waals surface area contributed by atoms with Gasteiger partial charge in [-0.3, -0.25) is 4.79 Å². The quantitative estimate of drug-likeness (QED) is 0.890. The summed E-state index contributed by atoms with van der Waals surface area (Å²) in [6.07, 6.45) is 0.582. The lowest BCUT2D eigenvalue weighted by Crippen LogP contribution is -2.33. The molecular formula is C15H13F2NO4. The number of carboxylic acids is 1. The van der Waals surface area contributed by atoms with Crippen molar-refractivity contribution in [3.05, 3.63) is 59.1 Å². The summed E-state index contributed by atoms with van der Waals surface area (Å²) in [5, 5.41) is 11.4. The summed E-state index contributed by atoms with van der Waals surface area (Å²) in [4.78, 5) is 23.2. The average molecular weight is 309 g/mol. The highest BCUT2D eigenvalue weighted by Gasteiger charge is 2.25. The predicted octanol–water partition coefficient (Wildman–Crippen LogP) is 2.68. The Kier molecular flexibility index (Phi) is 4.55. The first kappa shape index (κ1) is 15.7. The van der Waals surface area contributed by atoms with Crippen LogP contribution in [0.4, 0.5) is 8.78 Å². The van der Waals surface area contributed by atoms with Gasteiger partial charge in [-0.1, -0.05) is 13.0 Å². The lowest BCUT2D eigenvalue weighted by molar-refractivity contribution is -0.139. The highest BCUT2D eigenvalue weighted by atomic mass is 19.2. The van der Waals surface area contributed by atoms with Crippen LogP contribution in [0.5, 0.6) is 0 Å². The fourth-order valence-electron chi connectivity index (χ4n) is 1.87. The third kappa shape index (κ3) is 3.30. The van der Waals surface area contributed by atoms with Gasteiger partial charge in [-0.25, -0.2) is 13.6 Å². The standard InChI is InChI=1S/C15H13F2NO4/c1-2-9-4-6-12(22-9)14(19)18-13(15(20)21)8-3-5-10(16)11(17)7-8/h3-7,13H,2H2,1H3,(H,18,19)(H,20,21)/t13-/m0/s1. The zero-order chi connectivity index (χ0) is 16.3. The van der Waals surface area contributed by atoms with Gasteiger partial charge < -0.3 is 14.8 Å². The van der Waals surface area contributed by atoms with Crippen LogP contribution in [-0.2, 0) is 11.2 Å². The smallest absolute Gasteiger partial charge is 0.330 e. The minimum Gasteiger partial charge on any atom is -0.479 e. The molecule has 1 aromatic carbocycles. The van der Waals surface area contributed by atoms with Gasteiger partial charge in [0.25, 0.3) is 5.91 Å². The molecule has 0 aliphatic heterocycles. The molecule has 1 amide bonds. The number of furan rings is 1. The molecule has 2 N–H and O–H groups in total. The highest BCUT2D eigenvalue weighted by molar-refractivity contribution is 5.94. The SMILES string of the molecule is CCc1ccc(C(=O)N[C@H](C(=O)O)c2ccc(F)c(F)c2)o1. The van der Waals surface area contributed by atoms with Crippen LogP contribution in [0, 0.1) is 11.6 Å². The first-order valence-corrected chi connectivity index (χ1v) is 6.49. The molecule has 0 saturated heterocycles. The Morgan fingerprint density at radius 2 is 1.95 bits per heavy atom. The van der Waals surface area contributed by atoms with E-state index in [9.17, 15) is 23.5 Å². The Balaban J connectivity index is 2.23. The molecule has 2 aromatic rings. The van der Waals surface area contributed by atoms with Crippen LogP contribution in [0.3, 0.4) is 0 Å². The minimum atomic E-state index is -1.52. The summed E-state index contributed by atoms with van der Waals surface area (Å²) < 4.78 is 31.3. The van der Waals surface area contributed by atoms with Crippen molar-refractivity contribution < 1.29 is 27.9 Å². The van der Waals surface area contributed by atoms with Crippen molar-refractivity contribution in [3.8, 4) is 0 Å². The zero-order valence-corrected chi connectivity index (χ0v) is 11.6. The zero-order valence-electron chi connectivity index (χ0n) is 11.6. The number of hydrogen-bond acceptors (Lipinski definition) is 3. The lowest BCUT2D eigenvalue weighted by Gasteiger charge is -2.14. The van der Waals surface area contributed by atoms with E-state index in [0.29, 0.717) is 12.2 Å². The van der Waals surface area contributed by atoms with Crippen LogP contribution in [0.15, 0.2) is 34.7 Å². The fourth-order valence-corrected chi connectivity index (χ4v) is 1.87. The molecule has 0 aliphatic carbocycles. The summed E-state index contributed by atoms with van der Waals surface area (Å²) in [7, 11) is 0. The van der Waals surface area contributed by atoms with E-state index in [4.69, 9.17) is 4.42 Å². The maximum atomic E-state index is 13.2. The van der Waals surface area contributed by atoms with Crippen molar-refractivity contribution in [1.82, 2.24) is 5.32 Å². The van der Waals surface area contributed by atoms with E-state index in [2.05, 4.69) is 5.32 Å². The normalized spacial score (nSPS) is 12.0. The molecule has 7 heteroatoms. The van der Waals surface area contributed by atoms with E-state index in [1.165, 1.54) is 6.07 Å². The Hall–Kier alpha value is -2.70. The first-order valence-electron chi connectivity index (χ1n) is 6.49.